The number of ether oxygens (including phenoxy) is 2. The van der Waals surface area contributed by atoms with Crippen LogP contribution in [0.5, 0.6) is 23.0 Å². The van der Waals surface area contributed by atoms with Gasteiger partial charge in [0.05, 0.1) is 9.60 Å². The molecule has 8 aromatic carbocycles. The zero-order valence-corrected chi connectivity index (χ0v) is 41.5. The number of para-hydroxylation sites is 3. The van der Waals surface area contributed by atoms with Crippen molar-refractivity contribution in [3.05, 3.63) is 211 Å². The molecule has 6 nitrogen and oxygen atoms in total. The standard InChI is InChI=1S/C63H51N4O2.Pt/c1-40-34-43-22-32-59(40)69-48-27-20-42(21-28-48)52-15-11-14-51(41-18-24-45(25-19-41)62(2,3)4)61(52)66-39-65(56-16-8-9-17-57(56)66)47-12-10-13-49(36-47)68-50-29-30-53-54-35-46(63(5,6)7)26-31-55(54)67(58(53)37-50)60-33-23-44(43)38-64-60;/h8-35,38-39H,1-7H3;/q-3;/i1D3,18D,19D,24D,25D,26D,31D,35D;. The van der Waals surface area contributed by atoms with Crippen molar-refractivity contribution in [2.75, 3.05) is 9.80 Å². The molecule has 7 heterocycles. The Morgan fingerprint density at radius 2 is 1.29 bits per heavy atom. The summed E-state index contributed by atoms with van der Waals surface area (Å²) < 4.78 is 107. The van der Waals surface area contributed by atoms with Crippen LogP contribution >= 0.6 is 0 Å². The van der Waals surface area contributed by atoms with Crippen molar-refractivity contribution in [1.29, 1.82) is 0 Å². The van der Waals surface area contributed by atoms with Crippen molar-refractivity contribution in [3.63, 3.8) is 0 Å². The third-order valence-corrected chi connectivity index (χ3v) is 12.6. The predicted molar refractivity (Wildman–Crippen MR) is 283 cm³/mol. The van der Waals surface area contributed by atoms with Crippen LogP contribution in [0.25, 0.3) is 61.0 Å². The summed E-state index contributed by atoms with van der Waals surface area (Å²) in [4.78, 5) is 8.85. The van der Waals surface area contributed by atoms with Gasteiger partial charge in [-0.1, -0.05) is 132 Å². The maximum Gasteiger partial charge on any atom is 0.135 e. The largest absolute Gasteiger partial charge is 0.509 e. The van der Waals surface area contributed by atoms with Crippen molar-refractivity contribution >= 4 is 44.6 Å². The van der Waals surface area contributed by atoms with Gasteiger partial charge in [0.2, 0.25) is 0 Å². The molecule has 0 radical (unpaired) electrons. The maximum atomic E-state index is 9.59. The van der Waals surface area contributed by atoms with Gasteiger partial charge in [0.25, 0.3) is 0 Å². The fourth-order valence-corrected chi connectivity index (χ4v) is 8.99. The summed E-state index contributed by atoms with van der Waals surface area (Å²) in [5.41, 5.74) is 6.07. The first-order valence-electron chi connectivity index (χ1n) is 27.9. The van der Waals surface area contributed by atoms with E-state index in [1.54, 1.807) is 59.3 Å². The van der Waals surface area contributed by atoms with Crippen molar-refractivity contribution in [1.82, 2.24) is 9.55 Å². The van der Waals surface area contributed by atoms with E-state index in [-0.39, 0.29) is 80.2 Å². The number of pyridine rings is 1. The Morgan fingerprint density at radius 1 is 0.600 bits per heavy atom. The van der Waals surface area contributed by atoms with E-state index >= 15 is 0 Å². The normalized spacial score (nSPS) is 15.3. The number of benzene rings is 8. The van der Waals surface area contributed by atoms with Crippen LogP contribution in [-0.2, 0) is 31.9 Å². The van der Waals surface area contributed by atoms with E-state index in [1.165, 1.54) is 0 Å². The summed E-state index contributed by atoms with van der Waals surface area (Å²) in [7, 11) is 0. The Labute approximate surface area is 439 Å². The molecule has 5 aliphatic rings. The first-order valence-corrected chi connectivity index (χ1v) is 22.9. The molecule has 0 unspecified atom stereocenters. The van der Waals surface area contributed by atoms with E-state index in [1.807, 2.05) is 137 Å². The van der Waals surface area contributed by atoms with E-state index in [0.29, 0.717) is 89.6 Å². The van der Waals surface area contributed by atoms with Crippen LogP contribution in [-0.4, -0.2) is 9.55 Å². The number of aryl methyl sites for hydroxylation is 1. The average Bonchev–Trinajstić information content (AvgIpc) is 4.15. The Kier molecular flexibility index (Phi) is 8.57. The summed E-state index contributed by atoms with van der Waals surface area (Å²) in [6, 6.07) is 44.6. The van der Waals surface area contributed by atoms with Gasteiger partial charge in [-0.2, -0.15) is 12.1 Å². The third-order valence-electron chi connectivity index (χ3n) is 12.6. The molecule has 0 atom stereocenters. The van der Waals surface area contributed by atoms with Gasteiger partial charge >= 0.3 is 0 Å². The van der Waals surface area contributed by atoms with Gasteiger partial charge in [-0.15, -0.1) is 48.1 Å². The molecule has 0 saturated carbocycles. The van der Waals surface area contributed by atoms with Gasteiger partial charge in [0.1, 0.15) is 17.3 Å². The summed E-state index contributed by atoms with van der Waals surface area (Å²) >= 11 is 0. The van der Waals surface area contributed by atoms with Gasteiger partial charge in [-0.3, -0.25) is 0 Å². The Hall–Kier alpha value is -7.40. The molecule has 0 fully saturated rings. The molecule has 348 valence electrons. The Bertz CT molecular complexity index is 4140. The molecule has 0 amide bonds. The fourth-order valence-electron chi connectivity index (χ4n) is 8.99. The summed E-state index contributed by atoms with van der Waals surface area (Å²) in [5, 5.41) is 1.08. The molecular formula is C63H51N4O2Pt-3. The quantitative estimate of drug-likeness (QED) is 0.153. The first-order chi connectivity index (χ1) is 37.5. The second-order valence-corrected chi connectivity index (χ2v) is 19.4. The van der Waals surface area contributed by atoms with Crippen LogP contribution in [0.1, 0.15) is 71.9 Å². The molecule has 70 heavy (non-hydrogen) atoms. The molecule has 5 aliphatic heterocycles. The molecule has 2 aromatic heterocycles. The topological polar surface area (TPSA) is 42.8 Å². The third kappa shape index (κ3) is 7.94. The smallest absolute Gasteiger partial charge is 0.135 e. The van der Waals surface area contributed by atoms with Gasteiger partial charge in [-0.05, 0) is 111 Å². The van der Waals surface area contributed by atoms with Gasteiger partial charge in [-0.25, -0.2) is 4.98 Å². The fraction of sp³-hybridized carbons (Fsp3) is 0.143. The minimum absolute atomic E-state index is 0. The number of rotatable bonds is 1. The first kappa shape index (κ1) is 34.8. The van der Waals surface area contributed by atoms with E-state index in [2.05, 4.69) is 12.1 Å². The van der Waals surface area contributed by atoms with E-state index in [0.717, 1.165) is 16.9 Å². The number of aromatic nitrogens is 2. The average molecular weight is 1100 g/mol. The minimum Gasteiger partial charge on any atom is -0.509 e. The van der Waals surface area contributed by atoms with Gasteiger partial charge < -0.3 is 23.8 Å². The molecule has 0 spiro atoms. The molecule has 10 aromatic rings. The van der Waals surface area contributed by atoms with Crippen molar-refractivity contribution in [2.24, 2.45) is 0 Å². The molecule has 0 N–H and O–H groups in total. The second-order valence-electron chi connectivity index (χ2n) is 19.4. The zero-order chi connectivity index (χ0) is 55.8. The molecule has 0 saturated heterocycles. The van der Waals surface area contributed by atoms with Crippen LogP contribution in [0.4, 0.5) is 22.7 Å². The van der Waals surface area contributed by atoms with Gasteiger partial charge in [0.15, 0.2) is 0 Å². The maximum absolute atomic E-state index is 9.59. The monoisotopic (exact) mass is 1100 g/mol. The molecule has 15 rings (SSSR count). The number of anilines is 4. The van der Waals surface area contributed by atoms with Gasteiger partial charge in [0, 0.05) is 82.1 Å². The van der Waals surface area contributed by atoms with Crippen LogP contribution in [0.15, 0.2) is 176 Å². The number of nitrogens with zero attached hydrogens (tertiary/aromatic N) is 4. The summed E-state index contributed by atoms with van der Waals surface area (Å²) in [5.74, 6) is 1.53. The van der Waals surface area contributed by atoms with Crippen molar-refractivity contribution < 1.29 is 44.2 Å². The van der Waals surface area contributed by atoms with Crippen molar-refractivity contribution in [3.8, 4) is 62.2 Å². The molecule has 0 aliphatic carbocycles. The molecular weight excluding hydrogens is 1040 g/mol. The number of hydrogen-bond donors (Lipinski definition) is 0. The van der Waals surface area contributed by atoms with E-state index in [4.69, 9.17) is 18.6 Å². The van der Waals surface area contributed by atoms with Crippen LogP contribution in [0, 0.1) is 25.7 Å². The van der Waals surface area contributed by atoms with E-state index in [9.17, 15) is 9.60 Å². The number of fused-ring (bicyclic) bond motifs is 6. The van der Waals surface area contributed by atoms with Crippen molar-refractivity contribution in [2.45, 2.75) is 59.2 Å². The van der Waals surface area contributed by atoms with Crippen LogP contribution in [0.2, 0.25) is 0 Å². The van der Waals surface area contributed by atoms with Crippen LogP contribution in [0.3, 0.4) is 0 Å². The van der Waals surface area contributed by atoms with E-state index < -0.39 is 17.7 Å². The number of hydrogen-bond acceptors (Lipinski definition) is 5. The zero-order valence-electron chi connectivity index (χ0n) is 49.2. The second kappa shape index (κ2) is 17.2. The summed E-state index contributed by atoms with van der Waals surface area (Å²) in [6.45, 7) is 10.7. The Morgan fingerprint density at radius 3 is 2.01 bits per heavy atom. The molecule has 12 bridgehead atoms. The summed E-state index contributed by atoms with van der Waals surface area (Å²) in [6.07, 6.45) is 1.62. The molecule has 7 heteroatoms. The minimum atomic E-state index is -2.58. The Balaban J connectivity index is 0.00000675. The predicted octanol–water partition coefficient (Wildman–Crippen LogP) is 17.0. The van der Waals surface area contributed by atoms with Crippen LogP contribution < -0.4 is 19.3 Å². The SMILES string of the molecule is [2H]c1c([2H])c(C(C)(C)C)c([2H])c([2H])c1-c1cccc2c1N1[CH-]N(c3[c-]c(ccc3)Oc3[c-]c4c(cc3)c3c([2H])c(C(C)(C)C)c([2H])c([2H])c3n4-c3ccc(cn3)-c3ccc(c(C([2H])([2H])[2H])c3)Oc3ccc-2cc3)c2ccccc21.[Pt].